The van der Waals surface area contributed by atoms with Crippen LogP contribution in [0.25, 0.3) is 0 Å². The van der Waals surface area contributed by atoms with Gasteiger partial charge in [-0.25, -0.2) is 4.98 Å². The lowest BCUT2D eigenvalue weighted by Gasteiger charge is -1.92. The fraction of sp³-hybridized carbons (Fsp3) is 0. The highest BCUT2D eigenvalue weighted by molar-refractivity contribution is 5.70. The zero-order valence-corrected chi connectivity index (χ0v) is 5.58. The largest absolute Gasteiger partial charge is 0.452 e. The van der Waals surface area contributed by atoms with E-state index in [-0.39, 0.29) is 0 Å². The van der Waals surface area contributed by atoms with Gasteiger partial charge < -0.3 is 4.42 Å². The van der Waals surface area contributed by atoms with Gasteiger partial charge in [0.05, 0.1) is 12.4 Å². The molecule has 0 fully saturated rings. The lowest BCUT2D eigenvalue weighted by Crippen LogP contribution is -1.82. The molecule has 0 atom stereocenters. The summed E-state index contributed by atoms with van der Waals surface area (Å²) in [5.41, 5.74) is 0. The second-order valence-corrected chi connectivity index (χ2v) is 1.43. The van der Waals surface area contributed by atoms with Crippen molar-refractivity contribution in [1.82, 2.24) is 4.98 Å². The normalized spacial score (nSPS) is 12.4. The van der Waals surface area contributed by atoms with Crippen LogP contribution in [0.2, 0.25) is 0 Å². The van der Waals surface area contributed by atoms with Crippen LogP contribution < -0.4 is 0 Å². The molecule has 0 unspecified atom stereocenters. The smallest absolute Gasteiger partial charge is 0.180 e. The van der Waals surface area contributed by atoms with Crippen LogP contribution in [0, 0.1) is 0 Å². The highest BCUT2D eigenvalue weighted by Gasteiger charge is 1.77. The Kier molecular flexibility index (Phi) is 3.36. The molecular weight excluding hydrogens is 148 g/mol. The molecule has 0 aliphatic carbocycles. The van der Waals surface area contributed by atoms with Crippen LogP contribution in [0.3, 0.4) is 0 Å². The van der Waals surface area contributed by atoms with Crippen molar-refractivity contribution in [3.05, 3.63) is 31.2 Å². The van der Waals surface area contributed by atoms with Gasteiger partial charge in [-0.05, 0) is 11.2 Å². The van der Waals surface area contributed by atoms with E-state index in [9.17, 15) is 0 Å². The minimum atomic E-state index is 1.38. The van der Waals surface area contributed by atoms with Gasteiger partial charge in [-0.3, -0.25) is 4.89 Å². The third-order valence-electron chi connectivity index (χ3n) is 0.714. The van der Waals surface area contributed by atoms with E-state index in [1.165, 1.54) is 25.1 Å². The standard InChI is InChI=1S/C3H3NO2.C3H3NO/c1-2-4-6-5-3-1;1-2-5-3-4-1/h1-3H;1-3H. The Morgan fingerprint density at radius 2 is 2.27 bits per heavy atom. The van der Waals surface area contributed by atoms with Crippen molar-refractivity contribution >= 4 is 6.21 Å². The van der Waals surface area contributed by atoms with Crippen LogP contribution in [0.4, 0.5) is 0 Å². The predicted octanol–water partition coefficient (Wildman–Crippen LogP) is 1.12. The number of hydrogen-bond donors (Lipinski definition) is 0. The van der Waals surface area contributed by atoms with Gasteiger partial charge in [0.25, 0.3) is 0 Å². The average Bonchev–Trinajstić information content (AvgIpc) is 2.64. The van der Waals surface area contributed by atoms with Crippen molar-refractivity contribution in [2.24, 2.45) is 5.16 Å². The predicted molar refractivity (Wildman–Crippen MR) is 36.3 cm³/mol. The van der Waals surface area contributed by atoms with Gasteiger partial charge in [0.2, 0.25) is 0 Å². The number of allylic oxidation sites excluding steroid dienone is 1. The van der Waals surface area contributed by atoms with E-state index in [0.717, 1.165) is 0 Å². The molecule has 0 saturated carbocycles. The van der Waals surface area contributed by atoms with Crippen LogP contribution in [0.15, 0.2) is 40.8 Å². The fourth-order valence-electron chi connectivity index (χ4n) is 0.353. The summed E-state index contributed by atoms with van der Waals surface area (Å²) in [4.78, 5) is 11.8. The molecule has 2 rings (SSSR count). The molecule has 1 aromatic heterocycles. The molecule has 2 heterocycles. The molecule has 1 aromatic rings. The SMILES string of the molecule is C1=COON=C1.c1cocn1. The second kappa shape index (κ2) is 5.04. The van der Waals surface area contributed by atoms with Crippen molar-refractivity contribution < 1.29 is 14.3 Å². The van der Waals surface area contributed by atoms with E-state index in [2.05, 4.69) is 24.4 Å². The van der Waals surface area contributed by atoms with E-state index in [1.807, 2.05) is 0 Å². The second-order valence-electron chi connectivity index (χ2n) is 1.43. The number of rotatable bonds is 0. The highest BCUT2D eigenvalue weighted by Crippen LogP contribution is 1.84. The molecule has 0 spiro atoms. The van der Waals surface area contributed by atoms with Gasteiger partial charge in [0, 0.05) is 0 Å². The minimum Gasteiger partial charge on any atom is -0.452 e. The molecule has 0 saturated heterocycles. The fourth-order valence-corrected chi connectivity index (χ4v) is 0.353. The number of nitrogens with zero attached hydrogens (tertiary/aromatic N) is 2. The van der Waals surface area contributed by atoms with Gasteiger partial charge >= 0.3 is 0 Å². The Balaban J connectivity index is 0.000000112. The molecule has 58 valence electrons. The van der Waals surface area contributed by atoms with E-state index in [1.54, 1.807) is 12.3 Å². The van der Waals surface area contributed by atoms with Crippen LogP contribution in [0.1, 0.15) is 0 Å². The molecule has 0 aromatic carbocycles. The maximum Gasteiger partial charge on any atom is 0.180 e. The van der Waals surface area contributed by atoms with Gasteiger partial charge in [0.1, 0.15) is 12.5 Å². The lowest BCUT2D eigenvalue weighted by molar-refractivity contribution is -0.251. The number of oxazole rings is 1. The summed E-state index contributed by atoms with van der Waals surface area (Å²) in [5.74, 6) is 0. The van der Waals surface area contributed by atoms with Crippen LogP contribution >= 0.6 is 0 Å². The summed E-state index contributed by atoms with van der Waals surface area (Å²) < 4.78 is 4.47. The van der Waals surface area contributed by atoms with Gasteiger partial charge in [-0.2, -0.15) is 4.99 Å². The maximum atomic E-state index is 4.47. The molecular formula is C6H6N2O3. The summed E-state index contributed by atoms with van der Waals surface area (Å²) in [5, 5.41) is 3.24. The van der Waals surface area contributed by atoms with Crippen molar-refractivity contribution in [1.29, 1.82) is 0 Å². The Hall–Kier alpha value is -1.78. The van der Waals surface area contributed by atoms with Crippen molar-refractivity contribution in [2.45, 2.75) is 0 Å². The van der Waals surface area contributed by atoms with E-state index < -0.39 is 0 Å². The van der Waals surface area contributed by atoms with Gasteiger partial charge in [-0.15, -0.1) is 0 Å². The topological polar surface area (TPSA) is 56.9 Å². The third-order valence-corrected chi connectivity index (χ3v) is 0.714. The van der Waals surface area contributed by atoms with Gasteiger partial charge in [0.15, 0.2) is 6.39 Å². The number of hydrogen-bond acceptors (Lipinski definition) is 5. The Labute approximate surface area is 62.9 Å². The summed E-state index contributed by atoms with van der Waals surface area (Å²) >= 11 is 0. The summed E-state index contributed by atoms with van der Waals surface area (Å²) in [6.45, 7) is 0. The average molecular weight is 154 g/mol. The number of oxime groups is 1. The first-order chi connectivity index (χ1) is 5.50. The summed E-state index contributed by atoms with van der Waals surface area (Å²) in [6.07, 6.45) is 8.99. The maximum absolute atomic E-state index is 4.47. The van der Waals surface area contributed by atoms with Crippen molar-refractivity contribution in [2.75, 3.05) is 0 Å². The summed E-state index contributed by atoms with van der Waals surface area (Å²) in [6, 6.07) is 0. The van der Waals surface area contributed by atoms with Crippen LogP contribution in [-0.4, -0.2) is 11.2 Å². The Morgan fingerprint density at radius 3 is 2.45 bits per heavy atom. The molecule has 1 aliphatic heterocycles. The van der Waals surface area contributed by atoms with Crippen LogP contribution in [-0.2, 0) is 9.88 Å². The molecule has 1 aliphatic rings. The first-order valence-corrected chi connectivity index (χ1v) is 2.83. The van der Waals surface area contributed by atoms with Crippen molar-refractivity contribution in [3.8, 4) is 0 Å². The number of aromatic nitrogens is 1. The first kappa shape index (κ1) is 7.33. The van der Waals surface area contributed by atoms with E-state index in [0.29, 0.717) is 0 Å². The quantitative estimate of drug-likeness (QED) is 0.525. The Morgan fingerprint density at radius 1 is 1.27 bits per heavy atom. The molecule has 5 nitrogen and oxygen atoms in total. The molecule has 0 N–H and O–H groups in total. The monoisotopic (exact) mass is 154 g/mol. The molecule has 0 radical (unpaired) electrons. The van der Waals surface area contributed by atoms with Gasteiger partial charge in [-0.1, -0.05) is 0 Å². The molecule has 0 amide bonds. The van der Waals surface area contributed by atoms with E-state index in [4.69, 9.17) is 0 Å². The zero-order valence-electron chi connectivity index (χ0n) is 5.58. The minimum absolute atomic E-state index is 1.38. The van der Waals surface area contributed by atoms with E-state index >= 15 is 0 Å². The molecule has 11 heavy (non-hydrogen) atoms. The molecule has 5 heteroatoms. The zero-order chi connectivity index (χ0) is 7.78. The first-order valence-electron chi connectivity index (χ1n) is 2.83. The highest BCUT2D eigenvalue weighted by atomic mass is 17.3. The lowest BCUT2D eigenvalue weighted by atomic mass is 10.7. The van der Waals surface area contributed by atoms with Crippen molar-refractivity contribution in [3.63, 3.8) is 0 Å². The Bertz CT molecular complexity index is 189. The third kappa shape index (κ3) is 3.74. The molecule has 0 bridgehead atoms. The van der Waals surface area contributed by atoms with Crippen LogP contribution in [0.5, 0.6) is 0 Å². The summed E-state index contributed by atoms with van der Waals surface area (Å²) in [7, 11) is 0.